The number of carbonyl (C=O) groups excluding carboxylic acids is 2. The number of carbonyl (C=O) groups is 3. The summed E-state index contributed by atoms with van der Waals surface area (Å²) in [6.07, 6.45) is 0.542. The summed E-state index contributed by atoms with van der Waals surface area (Å²) in [5, 5.41) is 9.37. The Labute approximate surface area is 177 Å². The molecule has 0 aromatic heterocycles. The molecule has 8 nitrogen and oxygen atoms in total. The molecule has 1 fully saturated rings. The highest BCUT2D eigenvalue weighted by Crippen LogP contribution is 2.42. The van der Waals surface area contributed by atoms with Crippen molar-refractivity contribution in [2.45, 2.75) is 58.0 Å². The fourth-order valence-corrected chi connectivity index (χ4v) is 4.66. The zero-order valence-corrected chi connectivity index (χ0v) is 18.2. The number of nitrogens with two attached hydrogens (primary N) is 1. The summed E-state index contributed by atoms with van der Waals surface area (Å²) in [5.41, 5.74) is 7.19. The van der Waals surface area contributed by atoms with Crippen molar-refractivity contribution < 1.29 is 19.5 Å². The average Bonchev–Trinajstić information content (AvgIpc) is 2.88. The molecule has 164 valence electrons. The van der Waals surface area contributed by atoms with Crippen molar-refractivity contribution in [3.05, 3.63) is 29.3 Å². The number of hydrogen-bond donors (Lipinski definition) is 2. The lowest BCUT2D eigenvalue weighted by molar-refractivity contribution is -0.122. The molecule has 0 saturated carbocycles. The number of carboxylic acid groups (broad SMARTS) is 1. The number of amides is 3. The summed E-state index contributed by atoms with van der Waals surface area (Å²) in [6, 6.07) is 5.17. The molecule has 0 spiro atoms. The topological polar surface area (TPSA) is 107 Å². The molecule has 8 heteroatoms. The van der Waals surface area contributed by atoms with E-state index in [1.165, 1.54) is 4.90 Å². The molecule has 2 heterocycles. The first-order valence-corrected chi connectivity index (χ1v) is 10.6. The monoisotopic (exact) mass is 416 g/mol. The van der Waals surface area contributed by atoms with E-state index < -0.39 is 11.5 Å². The highest BCUT2D eigenvalue weighted by molar-refractivity contribution is 6.09. The van der Waals surface area contributed by atoms with Gasteiger partial charge in [0.25, 0.3) is 5.91 Å². The number of piperidine rings is 1. The van der Waals surface area contributed by atoms with Gasteiger partial charge in [-0.2, -0.15) is 0 Å². The molecule has 0 unspecified atom stereocenters. The fourth-order valence-electron chi connectivity index (χ4n) is 4.66. The van der Waals surface area contributed by atoms with Gasteiger partial charge in [-0.1, -0.05) is 6.07 Å². The summed E-state index contributed by atoms with van der Waals surface area (Å²) in [4.78, 5) is 42.6. The van der Waals surface area contributed by atoms with E-state index >= 15 is 0 Å². The summed E-state index contributed by atoms with van der Waals surface area (Å²) >= 11 is 0. The Morgan fingerprint density at radius 3 is 2.63 bits per heavy atom. The first kappa shape index (κ1) is 22.1. The van der Waals surface area contributed by atoms with Crippen LogP contribution < -0.4 is 10.6 Å². The predicted octanol–water partition coefficient (Wildman–Crippen LogP) is 2.26. The molecule has 2 aliphatic heterocycles. The second-order valence-corrected chi connectivity index (χ2v) is 8.93. The second kappa shape index (κ2) is 8.26. The van der Waals surface area contributed by atoms with Gasteiger partial charge in [-0.05, 0) is 58.2 Å². The zero-order valence-electron chi connectivity index (χ0n) is 18.2. The van der Waals surface area contributed by atoms with Gasteiger partial charge < -0.3 is 25.5 Å². The third-order valence-corrected chi connectivity index (χ3v) is 6.19. The molecule has 0 bridgehead atoms. The lowest BCUT2D eigenvalue weighted by atomic mass is 9.85. The third kappa shape index (κ3) is 3.76. The molecule has 1 saturated heterocycles. The predicted molar refractivity (Wildman–Crippen MR) is 115 cm³/mol. The SMILES string of the molecule is CC(C)N(C(=O)c1ccc2c(c1)N(CCN)C(=O)C2(C)C)[C@@H]1CCCN(C(=O)O)C1. The van der Waals surface area contributed by atoms with Gasteiger partial charge in [-0.25, -0.2) is 4.79 Å². The Morgan fingerprint density at radius 2 is 2.03 bits per heavy atom. The van der Waals surface area contributed by atoms with Crippen LogP contribution in [-0.4, -0.2) is 71.1 Å². The number of nitrogens with zero attached hydrogens (tertiary/aromatic N) is 3. The normalized spacial score (nSPS) is 20.5. The highest BCUT2D eigenvalue weighted by atomic mass is 16.4. The van der Waals surface area contributed by atoms with Crippen LogP contribution in [0.2, 0.25) is 0 Å². The van der Waals surface area contributed by atoms with Gasteiger partial charge in [0.15, 0.2) is 0 Å². The highest BCUT2D eigenvalue weighted by Gasteiger charge is 2.44. The van der Waals surface area contributed by atoms with Crippen LogP contribution >= 0.6 is 0 Å². The zero-order chi connectivity index (χ0) is 22.2. The van der Waals surface area contributed by atoms with Gasteiger partial charge >= 0.3 is 6.09 Å². The van der Waals surface area contributed by atoms with Crippen molar-refractivity contribution in [3.8, 4) is 0 Å². The van der Waals surface area contributed by atoms with Crippen molar-refractivity contribution in [2.75, 3.05) is 31.1 Å². The maximum Gasteiger partial charge on any atom is 0.407 e. The second-order valence-electron chi connectivity index (χ2n) is 8.93. The van der Waals surface area contributed by atoms with E-state index in [1.807, 2.05) is 33.8 Å². The Balaban J connectivity index is 1.94. The summed E-state index contributed by atoms with van der Waals surface area (Å²) in [5.74, 6) is -0.160. The Morgan fingerprint density at radius 1 is 1.33 bits per heavy atom. The van der Waals surface area contributed by atoms with E-state index in [-0.39, 0.29) is 23.9 Å². The Hall–Kier alpha value is -2.61. The Kier molecular flexibility index (Phi) is 6.08. The molecule has 2 aliphatic rings. The molecule has 0 radical (unpaired) electrons. The molecular weight excluding hydrogens is 384 g/mol. The van der Waals surface area contributed by atoms with Gasteiger partial charge in [0, 0.05) is 43.5 Å². The van der Waals surface area contributed by atoms with Gasteiger partial charge in [0.1, 0.15) is 0 Å². The molecule has 1 atom stereocenters. The van der Waals surface area contributed by atoms with Crippen LogP contribution in [0.4, 0.5) is 10.5 Å². The molecule has 0 aliphatic carbocycles. The first-order chi connectivity index (χ1) is 14.1. The molecule has 30 heavy (non-hydrogen) atoms. The van der Waals surface area contributed by atoms with Crippen molar-refractivity contribution in [2.24, 2.45) is 5.73 Å². The van der Waals surface area contributed by atoms with Gasteiger partial charge in [-0.15, -0.1) is 0 Å². The lowest BCUT2D eigenvalue weighted by Crippen LogP contribution is -2.53. The van der Waals surface area contributed by atoms with E-state index in [0.717, 1.165) is 24.1 Å². The number of benzene rings is 1. The number of rotatable bonds is 5. The summed E-state index contributed by atoms with van der Waals surface area (Å²) in [7, 11) is 0. The third-order valence-electron chi connectivity index (χ3n) is 6.19. The fraction of sp³-hybridized carbons (Fsp3) is 0.591. The van der Waals surface area contributed by atoms with Gasteiger partial charge in [-0.3, -0.25) is 9.59 Å². The standard InChI is InChI=1S/C22H32N4O4/c1-14(2)26(16-6-5-10-24(13-16)21(29)30)19(27)15-7-8-17-18(12-15)25(11-9-23)20(28)22(17,3)4/h7-8,12,14,16H,5-6,9-11,13,23H2,1-4H3,(H,29,30)/t16-/m1/s1. The minimum Gasteiger partial charge on any atom is -0.465 e. The lowest BCUT2D eigenvalue weighted by Gasteiger charge is -2.40. The van der Waals surface area contributed by atoms with Crippen LogP contribution in [0.15, 0.2) is 18.2 Å². The first-order valence-electron chi connectivity index (χ1n) is 10.6. The van der Waals surface area contributed by atoms with Crippen LogP contribution in [0, 0.1) is 0 Å². The molecule has 1 aromatic carbocycles. The van der Waals surface area contributed by atoms with Gasteiger partial charge in [0.2, 0.25) is 5.91 Å². The van der Waals surface area contributed by atoms with E-state index in [4.69, 9.17) is 5.73 Å². The molecule has 3 amide bonds. The van der Waals surface area contributed by atoms with Crippen LogP contribution in [0.1, 0.15) is 56.5 Å². The van der Waals surface area contributed by atoms with E-state index in [2.05, 4.69) is 0 Å². The minimum absolute atomic E-state index is 0.0161. The number of likely N-dealkylation sites (tertiary alicyclic amines) is 1. The van der Waals surface area contributed by atoms with E-state index in [1.54, 1.807) is 21.9 Å². The maximum atomic E-state index is 13.5. The number of fused-ring (bicyclic) bond motifs is 1. The molecule has 1 aromatic rings. The van der Waals surface area contributed by atoms with Crippen molar-refractivity contribution in [1.82, 2.24) is 9.80 Å². The van der Waals surface area contributed by atoms with Crippen molar-refractivity contribution >= 4 is 23.6 Å². The van der Waals surface area contributed by atoms with Crippen LogP contribution in [-0.2, 0) is 10.2 Å². The van der Waals surface area contributed by atoms with Crippen molar-refractivity contribution in [3.63, 3.8) is 0 Å². The Bertz CT molecular complexity index is 852. The van der Waals surface area contributed by atoms with Crippen LogP contribution in [0.5, 0.6) is 0 Å². The van der Waals surface area contributed by atoms with Gasteiger partial charge in [0.05, 0.1) is 11.5 Å². The van der Waals surface area contributed by atoms with E-state index in [9.17, 15) is 19.5 Å². The number of hydrogen-bond acceptors (Lipinski definition) is 4. The largest absolute Gasteiger partial charge is 0.465 e. The van der Waals surface area contributed by atoms with Crippen LogP contribution in [0.25, 0.3) is 0 Å². The van der Waals surface area contributed by atoms with E-state index in [0.29, 0.717) is 31.7 Å². The average molecular weight is 417 g/mol. The molecular formula is C22H32N4O4. The van der Waals surface area contributed by atoms with Crippen LogP contribution in [0.3, 0.4) is 0 Å². The quantitative estimate of drug-likeness (QED) is 0.766. The minimum atomic E-state index is -0.952. The molecule has 3 rings (SSSR count). The summed E-state index contributed by atoms with van der Waals surface area (Å²) in [6.45, 7) is 9.20. The smallest absolute Gasteiger partial charge is 0.407 e. The maximum absolute atomic E-state index is 13.5. The number of anilines is 1. The summed E-state index contributed by atoms with van der Waals surface area (Å²) < 4.78 is 0. The van der Waals surface area contributed by atoms with Crippen molar-refractivity contribution in [1.29, 1.82) is 0 Å². The molecule has 3 N–H and O–H groups in total.